The van der Waals surface area contributed by atoms with E-state index in [1.807, 2.05) is 0 Å². The first-order valence-electron chi connectivity index (χ1n) is 5.83. The summed E-state index contributed by atoms with van der Waals surface area (Å²) in [4.78, 5) is 15.9. The number of nitrogen functional groups attached to an aromatic ring is 1. The summed E-state index contributed by atoms with van der Waals surface area (Å²) < 4.78 is 0.791. The topological polar surface area (TPSA) is 96.7 Å². The van der Waals surface area contributed by atoms with Gasteiger partial charge in [0, 0.05) is 28.7 Å². The maximum Gasteiger partial charge on any atom is 0.251 e. The third kappa shape index (κ3) is 4.06. The fourth-order valence-corrected chi connectivity index (χ4v) is 2.17. The largest absolute Gasteiger partial charge is 0.399 e. The molecule has 0 saturated heterocycles. The van der Waals surface area contributed by atoms with Crippen LogP contribution in [0.3, 0.4) is 0 Å². The van der Waals surface area contributed by atoms with Crippen molar-refractivity contribution in [3.05, 3.63) is 40.4 Å². The van der Waals surface area contributed by atoms with E-state index in [0.29, 0.717) is 17.8 Å². The number of aromatic nitrogens is 3. The predicted octanol–water partition coefficient (Wildman–Crippen LogP) is 1.51. The van der Waals surface area contributed by atoms with Gasteiger partial charge in [0.1, 0.15) is 12.2 Å². The minimum absolute atomic E-state index is 0.134. The molecule has 19 heavy (non-hydrogen) atoms. The Balaban J connectivity index is 1.80. The summed E-state index contributed by atoms with van der Waals surface area (Å²) in [5, 5.41) is 9.37. The van der Waals surface area contributed by atoms with Crippen molar-refractivity contribution in [2.45, 2.75) is 12.8 Å². The molecular formula is C12H14BrN5O. The number of nitrogens with two attached hydrogens (primary N) is 1. The van der Waals surface area contributed by atoms with Gasteiger partial charge in [-0.2, -0.15) is 5.10 Å². The first kappa shape index (κ1) is 13.5. The second-order valence-electron chi connectivity index (χ2n) is 4.06. The number of aromatic amines is 1. The molecule has 2 aromatic rings. The van der Waals surface area contributed by atoms with Crippen LogP contribution < -0.4 is 11.1 Å². The van der Waals surface area contributed by atoms with Gasteiger partial charge in [0.15, 0.2) is 0 Å². The van der Waals surface area contributed by atoms with Crippen LogP contribution in [0.2, 0.25) is 0 Å². The molecule has 0 aliphatic heterocycles. The molecule has 0 aliphatic rings. The molecule has 0 bridgehead atoms. The van der Waals surface area contributed by atoms with Crippen LogP contribution in [0, 0.1) is 0 Å². The Labute approximate surface area is 118 Å². The van der Waals surface area contributed by atoms with Gasteiger partial charge < -0.3 is 11.1 Å². The van der Waals surface area contributed by atoms with Crippen molar-refractivity contribution in [3.8, 4) is 0 Å². The van der Waals surface area contributed by atoms with Crippen molar-refractivity contribution in [1.82, 2.24) is 20.5 Å². The Morgan fingerprint density at radius 2 is 2.26 bits per heavy atom. The van der Waals surface area contributed by atoms with E-state index >= 15 is 0 Å². The Morgan fingerprint density at radius 1 is 1.42 bits per heavy atom. The fourth-order valence-electron chi connectivity index (χ4n) is 1.65. The van der Waals surface area contributed by atoms with Crippen LogP contribution in [-0.4, -0.2) is 27.6 Å². The van der Waals surface area contributed by atoms with Gasteiger partial charge in [-0.25, -0.2) is 4.98 Å². The summed E-state index contributed by atoms with van der Waals surface area (Å²) in [6, 6.07) is 5.14. The van der Waals surface area contributed by atoms with Gasteiger partial charge in [-0.3, -0.25) is 9.89 Å². The Hall–Kier alpha value is -1.89. The van der Waals surface area contributed by atoms with Crippen LogP contribution >= 0.6 is 15.9 Å². The molecule has 1 amide bonds. The Kier molecular flexibility index (Phi) is 4.51. The average Bonchev–Trinajstić information content (AvgIpc) is 2.86. The first-order chi connectivity index (χ1) is 9.15. The molecular weight excluding hydrogens is 310 g/mol. The predicted molar refractivity (Wildman–Crippen MR) is 75.6 cm³/mol. The minimum Gasteiger partial charge on any atom is -0.399 e. The van der Waals surface area contributed by atoms with Gasteiger partial charge >= 0.3 is 0 Å². The highest BCUT2D eigenvalue weighted by Crippen LogP contribution is 2.17. The quantitative estimate of drug-likeness (QED) is 0.574. The van der Waals surface area contributed by atoms with E-state index in [1.165, 1.54) is 6.33 Å². The molecule has 0 fully saturated rings. The van der Waals surface area contributed by atoms with E-state index in [4.69, 9.17) is 5.73 Å². The van der Waals surface area contributed by atoms with Gasteiger partial charge in [-0.15, -0.1) is 0 Å². The van der Waals surface area contributed by atoms with Gasteiger partial charge in [-0.1, -0.05) is 15.9 Å². The summed E-state index contributed by atoms with van der Waals surface area (Å²) in [6.07, 6.45) is 3.02. The molecule has 0 saturated carbocycles. The number of amides is 1. The van der Waals surface area contributed by atoms with Crippen molar-refractivity contribution in [1.29, 1.82) is 0 Å². The van der Waals surface area contributed by atoms with E-state index in [9.17, 15) is 4.79 Å². The molecule has 4 N–H and O–H groups in total. The molecule has 0 unspecified atom stereocenters. The molecule has 100 valence electrons. The number of rotatable bonds is 5. The lowest BCUT2D eigenvalue weighted by atomic mass is 10.2. The lowest BCUT2D eigenvalue weighted by Gasteiger charge is -2.06. The number of nitrogens with one attached hydrogen (secondary N) is 2. The van der Waals surface area contributed by atoms with Crippen LogP contribution in [0.4, 0.5) is 5.69 Å². The number of hydrogen-bond donors (Lipinski definition) is 3. The van der Waals surface area contributed by atoms with Gasteiger partial charge in [-0.05, 0) is 24.6 Å². The number of nitrogens with zero attached hydrogens (tertiary/aromatic N) is 2. The minimum atomic E-state index is -0.134. The molecule has 0 aliphatic carbocycles. The number of carbonyl (C=O) groups is 1. The Morgan fingerprint density at radius 3 is 2.95 bits per heavy atom. The van der Waals surface area contributed by atoms with E-state index in [0.717, 1.165) is 23.1 Å². The van der Waals surface area contributed by atoms with Crippen LogP contribution in [0.5, 0.6) is 0 Å². The standard InChI is InChI=1S/C12H14BrN5O/c13-9-4-8(5-10(14)6-9)12(19)15-3-1-2-11-16-7-17-18-11/h4-7H,1-3,14H2,(H,15,19)(H,16,17,18). The lowest BCUT2D eigenvalue weighted by molar-refractivity contribution is 0.0953. The fraction of sp³-hybridized carbons (Fsp3) is 0.250. The first-order valence-corrected chi connectivity index (χ1v) is 6.63. The number of H-pyrrole nitrogens is 1. The number of hydrogen-bond acceptors (Lipinski definition) is 4. The highest BCUT2D eigenvalue weighted by atomic mass is 79.9. The third-order valence-corrected chi connectivity index (χ3v) is 2.98. The SMILES string of the molecule is Nc1cc(Br)cc(C(=O)NCCCc2ncn[nH]2)c1. The molecule has 1 aromatic carbocycles. The average molecular weight is 324 g/mol. The van der Waals surface area contributed by atoms with Crippen LogP contribution in [0.15, 0.2) is 29.0 Å². The molecule has 2 rings (SSSR count). The van der Waals surface area contributed by atoms with Crippen molar-refractivity contribution in [2.75, 3.05) is 12.3 Å². The zero-order valence-corrected chi connectivity index (χ0v) is 11.8. The summed E-state index contributed by atoms with van der Waals surface area (Å²) in [5.41, 5.74) is 6.79. The zero-order valence-electron chi connectivity index (χ0n) is 10.2. The summed E-state index contributed by atoms with van der Waals surface area (Å²) in [6.45, 7) is 0.575. The van der Waals surface area contributed by atoms with Gasteiger partial charge in [0.2, 0.25) is 0 Å². The van der Waals surface area contributed by atoms with Gasteiger partial charge in [0.05, 0.1) is 0 Å². The second kappa shape index (κ2) is 6.33. The maximum atomic E-state index is 11.9. The van der Waals surface area contributed by atoms with Crippen LogP contribution in [0.1, 0.15) is 22.6 Å². The molecule has 0 spiro atoms. The summed E-state index contributed by atoms with van der Waals surface area (Å²) in [7, 11) is 0. The maximum absolute atomic E-state index is 11.9. The normalized spacial score (nSPS) is 10.4. The highest BCUT2D eigenvalue weighted by Gasteiger charge is 2.06. The summed E-state index contributed by atoms with van der Waals surface area (Å²) >= 11 is 3.31. The molecule has 1 aromatic heterocycles. The van der Waals surface area contributed by atoms with E-state index in [-0.39, 0.29) is 5.91 Å². The van der Waals surface area contributed by atoms with E-state index in [1.54, 1.807) is 18.2 Å². The Bertz CT molecular complexity index is 535. The number of halogens is 1. The smallest absolute Gasteiger partial charge is 0.251 e. The second-order valence-corrected chi connectivity index (χ2v) is 4.98. The number of aryl methyl sites for hydroxylation is 1. The van der Waals surface area contributed by atoms with Crippen molar-refractivity contribution < 1.29 is 4.79 Å². The van der Waals surface area contributed by atoms with Crippen molar-refractivity contribution >= 4 is 27.5 Å². The monoisotopic (exact) mass is 323 g/mol. The molecule has 6 nitrogen and oxygen atoms in total. The number of anilines is 1. The summed E-state index contributed by atoms with van der Waals surface area (Å²) in [5.74, 6) is 0.687. The third-order valence-electron chi connectivity index (χ3n) is 2.52. The van der Waals surface area contributed by atoms with E-state index in [2.05, 4.69) is 36.4 Å². The van der Waals surface area contributed by atoms with E-state index < -0.39 is 0 Å². The number of benzene rings is 1. The molecule has 7 heteroatoms. The van der Waals surface area contributed by atoms with Crippen molar-refractivity contribution in [3.63, 3.8) is 0 Å². The van der Waals surface area contributed by atoms with Crippen molar-refractivity contribution in [2.24, 2.45) is 0 Å². The molecule has 0 atom stereocenters. The lowest BCUT2D eigenvalue weighted by Crippen LogP contribution is -2.25. The zero-order chi connectivity index (χ0) is 13.7. The van der Waals surface area contributed by atoms with Crippen LogP contribution in [0.25, 0.3) is 0 Å². The van der Waals surface area contributed by atoms with Crippen LogP contribution in [-0.2, 0) is 6.42 Å². The van der Waals surface area contributed by atoms with Gasteiger partial charge in [0.25, 0.3) is 5.91 Å². The molecule has 0 radical (unpaired) electrons. The number of carbonyl (C=O) groups excluding carboxylic acids is 1. The molecule has 1 heterocycles. The highest BCUT2D eigenvalue weighted by molar-refractivity contribution is 9.10.